The highest BCUT2D eigenvalue weighted by molar-refractivity contribution is 5.46. The highest BCUT2D eigenvalue weighted by Gasteiger charge is 2.25. The number of phenolic OH excluding ortho intramolecular Hbond substituents is 2. The predicted octanol–water partition coefficient (Wildman–Crippen LogP) is 4.09. The Hall–Kier alpha value is -2.44. The molecule has 0 heterocycles. The zero-order chi connectivity index (χ0) is 21.3. The minimum atomic E-state index is 0.213. The summed E-state index contributed by atoms with van der Waals surface area (Å²) in [6.07, 6.45) is 4.53. The van der Waals surface area contributed by atoms with E-state index in [2.05, 4.69) is 10.6 Å². The number of phenols is 2. The molecule has 2 aromatic carbocycles. The van der Waals surface area contributed by atoms with Crippen LogP contribution in [0.5, 0.6) is 23.0 Å². The molecule has 0 unspecified atom stereocenters. The van der Waals surface area contributed by atoms with Crippen molar-refractivity contribution < 1.29 is 19.7 Å². The normalized spacial score (nSPS) is 18.9. The van der Waals surface area contributed by atoms with Gasteiger partial charge in [-0.1, -0.05) is 37.1 Å². The second-order valence-corrected chi connectivity index (χ2v) is 7.65. The summed E-state index contributed by atoms with van der Waals surface area (Å²) < 4.78 is 11.0. The summed E-state index contributed by atoms with van der Waals surface area (Å²) in [6.45, 7) is 6.03. The third-order valence-corrected chi connectivity index (χ3v) is 5.64. The topological polar surface area (TPSA) is 83.0 Å². The van der Waals surface area contributed by atoms with Crippen LogP contribution in [-0.2, 0) is 13.1 Å². The number of aromatic hydroxyl groups is 2. The molecule has 1 aliphatic carbocycles. The predicted molar refractivity (Wildman–Crippen MR) is 118 cm³/mol. The Bertz CT molecular complexity index is 744. The van der Waals surface area contributed by atoms with Crippen molar-refractivity contribution in [2.45, 2.75) is 64.7 Å². The van der Waals surface area contributed by atoms with Gasteiger partial charge in [0, 0.05) is 36.3 Å². The molecule has 0 aliphatic heterocycles. The number of ether oxygens (including phenoxy) is 2. The van der Waals surface area contributed by atoms with Crippen LogP contribution in [0, 0.1) is 0 Å². The van der Waals surface area contributed by atoms with Crippen molar-refractivity contribution in [1.82, 2.24) is 10.6 Å². The van der Waals surface area contributed by atoms with Gasteiger partial charge in [0.1, 0.15) is 0 Å². The first-order chi connectivity index (χ1) is 14.6. The summed E-state index contributed by atoms with van der Waals surface area (Å²) in [6, 6.07) is 11.8. The molecular formula is C24H34N2O4. The fourth-order valence-electron chi connectivity index (χ4n) is 4.07. The van der Waals surface area contributed by atoms with Crippen molar-refractivity contribution >= 4 is 0 Å². The fraction of sp³-hybridized carbons (Fsp3) is 0.500. The molecule has 0 saturated heterocycles. The SMILES string of the molecule is CCOc1cccc(CN[C@@H]2CCCC[C@H]2NCc2cccc(OCC)c2O)c1O. The van der Waals surface area contributed by atoms with E-state index < -0.39 is 0 Å². The standard InChI is InChI=1S/C24H34N2O4/c1-3-29-21-13-7-9-17(23(21)27)15-25-19-11-5-6-12-20(19)26-16-18-10-8-14-22(24(18)28)30-4-2/h7-10,13-14,19-20,25-28H,3-6,11-12,15-16H2,1-2H3/t19-,20-/m1/s1. The van der Waals surface area contributed by atoms with E-state index >= 15 is 0 Å². The number of benzene rings is 2. The van der Waals surface area contributed by atoms with Crippen LogP contribution in [0.15, 0.2) is 36.4 Å². The molecule has 1 saturated carbocycles. The number of para-hydroxylation sites is 2. The smallest absolute Gasteiger partial charge is 0.162 e. The molecule has 6 heteroatoms. The Morgan fingerprint density at radius 1 is 0.767 bits per heavy atom. The maximum Gasteiger partial charge on any atom is 0.162 e. The monoisotopic (exact) mass is 414 g/mol. The van der Waals surface area contributed by atoms with Crippen LogP contribution >= 0.6 is 0 Å². The average molecular weight is 415 g/mol. The van der Waals surface area contributed by atoms with Crippen molar-refractivity contribution in [3.05, 3.63) is 47.5 Å². The second kappa shape index (κ2) is 11.1. The maximum atomic E-state index is 10.4. The molecule has 1 fully saturated rings. The summed E-state index contributed by atoms with van der Waals surface area (Å²) in [4.78, 5) is 0. The molecule has 1 aliphatic rings. The highest BCUT2D eigenvalue weighted by Crippen LogP contribution is 2.31. The van der Waals surface area contributed by atoms with E-state index in [0.717, 1.165) is 24.0 Å². The van der Waals surface area contributed by atoms with E-state index in [4.69, 9.17) is 9.47 Å². The molecule has 3 rings (SSSR count). The summed E-state index contributed by atoms with van der Waals surface area (Å²) in [5.41, 5.74) is 1.68. The van der Waals surface area contributed by atoms with E-state index in [1.807, 2.05) is 38.1 Å². The van der Waals surface area contributed by atoms with Gasteiger partial charge in [-0.05, 0) is 38.8 Å². The molecule has 2 aromatic rings. The van der Waals surface area contributed by atoms with Crippen molar-refractivity contribution in [2.24, 2.45) is 0 Å². The van der Waals surface area contributed by atoms with Gasteiger partial charge >= 0.3 is 0 Å². The van der Waals surface area contributed by atoms with Crippen LogP contribution in [0.1, 0.15) is 50.7 Å². The van der Waals surface area contributed by atoms with Gasteiger partial charge in [-0.25, -0.2) is 0 Å². The lowest BCUT2D eigenvalue weighted by atomic mass is 9.90. The average Bonchev–Trinajstić information content (AvgIpc) is 2.76. The number of rotatable bonds is 10. The minimum Gasteiger partial charge on any atom is -0.504 e. The van der Waals surface area contributed by atoms with Crippen molar-refractivity contribution in [2.75, 3.05) is 13.2 Å². The molecule has 0 radical (unpaired) electrons. The summed E-state index contributed by atoms with van der Waals surface area (Å²) in [7, 11) is 0. The van der Waals surface area contributed by atoms with Gasteiger partial charge < -0.3 is 30.3 Å². The van der Waals surface area contributed by atoms with Gasteiger partial charge in [0.2, 0.25) is 0 Å². The van der Waals surface area contributed by atoms with E-state index in [1.54, 1.807) is 12.1 Å². The van der Waals surface area contributed by atoms with E-state index in [1.165, 1.54) is 12.8 Å². The highest BCUT2D eigenvalue weighted by atomic mass is 16.5. The lowest BCUT2D eigenvalue weighted by Crippen LogP contribution is -2.49. The van der Waals surface area contributed by atoms with Crippen molar-refractivity contribution in [3.8, 4) is 23.0 Å². The van der Waals surface area contributed by atoms with Gasteiger partial charge in [-0.3, -0.25) is 0 Å². The Morgan fingerprint density at radius 3 is 1.60 bits per heavy atom. The zero-order valence-electron chi connectivity index (χ0n) is 18.0. The lowest BCUT2D eigenvalue weighted by molar-refractivity contribution is 0.277. The van der Waals surface area contributed by atoms with Crippen molar-refractivity contribution in [1.29, 1.82) is 0 Å². The van der Waals surface area contributed by atoms with Crippen LogP contribution in [0.25, 0.3) is 0 Å². The minimum absolute atomic E-state index is 0.213. The van der Waals surface area contributed by atoms with E-state index in [9.17, 15) is 10.2 Å². The van der Waals surface area contributed by atoms with Crippen LogP contribution in [-0.4, -0.2) is 35.5 Å². The lowest BCUT2D eigenvalue weighted by Gasteiger charge is -2.33. The number of hydrogen-bond donors (Lipinski definition) is 4. The largest absolute Gasteiger partial charge is 0.504 e. The zero-order valence-corrected chi connectivity index (χ0v) is 18.0. The first-order valence-electron chi connectivity index (χ1n) is 11.0. The van der Waals surface area contributed by atoms with E-state index in [0.29, 0.717) is 49.9 Å². The molecular weight excluding hydrogens is 380 g/mol. The van der Waals surface area contributed by atoms with E-state index in [-0.39, 0.29) is 11.5 Å². The second-order valence-electron chi connectivity index (χ2n) is 7.65. The summed E-state index contributed by atoms with van der Waals surface area (Å²) in [5, 5.41) is 28.1. The Morgan fingerprint density at radius 2 is 1.20 bits per heavy atom. The van der Waals surface area contributed by atoms with Crippen LogP contribution in [0.3, 0.4) is 0 Å². The van der Waals surface area contributed by atoms with Gasteiger partial charge in [0.15, 0.2) is 23.0 Å². The number of nitrogens with one attached hydrogen (secondary N) is 2. The first kappa shape index (κ1) is 22.2. The molecule has 6 nitrogen and oxygen atoms in total. The van der Waals surface area contributed by atoms with Gasteiger partial charge in [0.05, 0.1) is 13.2 Å². The molecule has 0 bridgehead atoms. The molecule has 0 spiro atoms. The third-order valence-electron chi connectivity index (χ3n) is 5.64. The van der Waals surface area contributed by atoms with Gasteiger partial charge in [-0.2, -0.15) is 0 Å². The molecule has 4 N–H and O–H groups in total. The maximum absolute atomic E-state index is 10.4. The van der Waals surface area contributed by atoms with Crippen LogP contribution in [0.4, 0.5) is 0 Å². The molecule has 164 valence electrons. The van der Waals surface area contributed by atoms with Crippen LogP contribution < -0.4 is 20.1 Å². The fourth-order valence-corrected chi connectivity index (χ4v) is 4.07. The van der Waals surface area contributed by atoms with Crippen molar-refractivity contribution in [3.63, 3.8) is 0 Å². The Labute approximate surface area is 179 Å². The molecule has 2 atom stereocenters. The summed E-state index contributed by atoms with van der Waals surface area (Å²) >= 11 is 0. The third kappa shape index (κ3) is 5.58. The molecule has 0 aromatic heterocycles. The first-order valence-corrected chi connectivity index (χ1v) is 11.0. The molecule has 0 amide bonds. The Balaban J connectivity index is 1.61. The Kier molecular flexibility index (Phi) is 8.22. The van der Waals surface area contributed by atoms with Gasteiger partial charge in [0.25, 0.3) is 0 Å². The van der Waals surface area contributed by atoms with Gasteiger partial charge in [-0.15, -0.1) is 0 Å². The summed E-state index contributed by atoms with van der Waals surface area (Å²) in [5.74, 6) is 1.48. The quantitative estimate of drug-likeness (QED) is 0.469. The van der Waals surface area contributed by atoms with Crippen LogP contribution in [0.2, 0.25) is 0 Å². The molecule has 30 heavy (non-hydrogen) atoms. The number of hydrogen-bond acceptors (Lipinski definition) is 6.